The number of thiazole rings is 1. The summed E-state index contributed by atoms with van der Waals surface area (Å²) in [6.07, 6.45) is -0.356. The number of esters is 1. The first-order valence-electron chi connectivity index (χ1n) is 5.50. The smallest absolute Gasteiger partial charge is 0.358 e. The van der Waals surface area contributed by atoms with E-state index in [9.17, 15) is 18.3 Å². The van der Waals surface area contributed by atoms with Gasteiger partial charge in [0, 0.05) is 6.04 Å². The minimum Gasteiger partial charge on any atom is -0.464 e. The minimum atomic E-state index is -3.85. The molecule has 2 unspecified atom stereocenters. The monoisotopic (exact) mass is 308 g/mol. The van der Waals surface area contributed by atoms with Gasteiger partial charge in [-0.05, 0) is 20.3 Å². The van der Waals surface area contributed by atoms with Gasteiger partial charge in [-0.2, -0.15) is 0 Å². The van der Waals surface area contributed by atoms with E-state index in [0.29, 0.717) is 0 Å². The Labute approximate surface area is 115 Å². The van der Waals surface area contributed by atoms with Crippen molar-refractivity contribution in [2.24, 2.45) is 0 Å². The van der Waals surface area contributed by atoms with E-state index in [-0.39, 0.29) is 16.3 Å². The van der Waals surface area contributed by atoms with Crippen LogP contribution in [0.2, 0.25) is 0 Å². The number of aliphatic hydroxyl groups is 1. The molecule has 1 aromatic heterocycles. The Morgan fingerprint density at radius 3 is 2.74 bits per heavy atom. The SMILES string of the molecule is COC(=O)c1ncsc1S(=O)(=O)NC(C)CC(C)O. The van der Waals surface area contributed by atoms with Crippen LogP contribution in [0.4, 0.5) is 0 Å². The lowest BCUT2D eigenvalue weighted by Crippen LogP contribution is -2.35. The zero-order valence-electron chi connectivity index (χ0n) is 10.8. The van der Waals surface area contributed by atoms with Crippen LogP contribution in [0.15, 0.2) is 9.72 Å². The van der Waals surface area contributed by atoms with E-state index in [2.05, 4.69) is 14.4 Å². The lowest BCUT2D eigenvalue weighted by atomic mass is 10.2. The van der Waals surface area contributed by atoms with Crippen LogP contribution in [0.5, 0.6) is 0 Å². The van der Waals surface area contributed by atoms with Gasteiger partial charge >= 0.3 is 5.97 Å². The van der Waals surface area contributed by atoms with Crippen molar-refractivity contribution in [3.05, 3.63) is 11.2 Å². The molecule has 0 saturated carbocycles. The van der Waals surface area contributed by atoms with Gasteiger partial charge in [-0.3, -0.25) is 0 Å². The van der Waals surface area contributed by atoms with Crippen LogP contribution in [0.25, 0.3) is 0 Å². The Morgan fingerprint density at radius 2 is 2.21 bits per heavy atom. The molecular formula is C10H16N2O5S2. The molecule has 108 valence electrons. The highest BCUT2D eigenvalue weighted by atomic mass is 32.2. The summed E-state index contributed by atoms with van der Waals surface area (Å²) < 4.78 is 30.9. The van der Waals surface area contributed by atoms with Gasteiger partial charge in [0.1, 0.15) is 0 Å². The summed E-state index contributed by atoms with van der Waals surface area (Å²) >= 11 is 0.836. The summed E-state index contributed by atoms with van der Waals surface area (Å²) in [6.45, 7) is 3.19. The van der Waals surface area contributed by atoms with Gasteiger partial charge in [-0.1, -0.05) is 0 Å². The second-order valence-electron chi connectivity index (χ2n) is 4.09. The number of aliphatic hydroxyl groups excluding tert-OH is 1. The van der Waals surface area contributed by atoms with E-state index >= 15 is 0 Å². The zero-order valence-corrected chi connectivity index (χ0v) is 12.4. The zero-order chi connectivity index (χ0) is 14.6. The van der Waals surface area contributed by atoms with Crippen LogP contribution in [0.3, 0.4) is 0 Å². The van der Waals surface area contributed by atoms with Crippen LogP contribution in [0, 0.1) is 0 Å². The molecule has 0 fully saturated rings. The van der Waals surface area contributed by atoms with Crippen LogP contribution in [-0.4, -0.2) is 43.7 Å². The summed E-state index contributed by atoms with van der Waals surface area (Å²) in [5.74, 6) is -0.801. The Balaban J connectivity index is 2.95. The minimum absolute atomic E-state index is 0.184. The van der Waals surface area contributed by atoms with E-state index in [1.165, 1.54) is 5.51 Å². The van der Waals surface area contributed by atoms with Crippen molar-refractivity contribution in [2.45, 2.75) is 36.6 Å². The second kappa shape index (κ2) is 6.42. The molecule has 7 nitrogen and oxygen atoms in total. The second-order valence-corrected chi connectivity index (χ2v) is 6.85. The van der Waals surface area contributed by atoms with Crippen molar-refractivity contribution < 1.29 is 23.1 Å². The van der Waals surface area contributed by atoms with Gasteiger partial charge < -0.3 is 9.84 Å². The summed E-state index contributed by atoms with van der Waals surface area (Å²) in [6, 6.07) is -0.461. The Kier molecular flexibility index (Phi) is 5.41. The fourth-order valence-electron chi connectivity index (χ4n) is 1.54. The van der Waals surface area contributed by atoms with Gasteiger partial charge in [0.25, 0.3) is 10.0 Å². The Morgan fingerprint density at radius 1 is 1.58 bits per heavy atom. The molecule has 2 N–H and O–H groups in total. The van der Waals surface area contributed by atoms with Crippen molar-refractivity contribution in [3.63, 3.8) is 0 Å². The van der Waals surface area contributed by atoms with Crippen molar-refractivity contribution in [3.8, 4) is 0 Å². The number of carbonyl (C=O) groups excluding carboxylic acids is 1. The molecule has 0 amide bonds. The molecule has 1 heterocycles. The maximum Gasteiger partial charge on any atom is 0.358 e. The number of ether oxygens (including phenoxy) is 1. The molecule has 0 saturated heterocycles. The fraction of sp³-hybridized carbons (Fsp3) is 0.600. The summed E-state index contributed by atoms with van der Waals surface area (Å²) in [7, 11) is -2.70. The first kappa shape index (κ1) is 16.0. The van der Waals surface area contributed by atoms with Crippen LogP contribution >= 0.6 is 11.3 Å². The number of nitrogens with one attached hydrogen (secondary N) is 1. The van der Waals surface area contributed by atoms with E-state index in [1.807, 2.05) is 0 Å². The van der Waals surface area contributed by atoms with E-state index in [4.69, 9.17) is 0 Å². The van der Waals surface area contributed by atoms with Gasteiger partial charge in [0.15, 0.2) is 9.90 Å². The van der Waals surface area contributed by atoms with Crippen LogP contribution in [-0.2, 0) is 14.8 Å². The number of nitrogens with zero attached hydrogens (tertiary/aromatic N) is 1. The Bertz CT molecular complexity index is 538. The van der Waals surface area contributed by atoms with Crippen molar-refractivity contribution in [1.29, 1.82) is 0 Å². The molecule has 0 bridgehead atoms. The molecule has 0 radical (unpaired) electrons. The summed E-state index contributed by atoms with van der Waals surface area (Å²) in [5.41, 5.74) is 1.03. The molecule has 1 aromatic rings. The molecule has 1 rings (SSSR count). The van der Waals surface area contributed by atoms with Gasteiger partial charge in [-0.25, -0.2) is 22.9 Å². The number of hydrogen-bond acceptors (Lipinski definition) is 7. The van der Waals surface area contributed by atoms with Crippen molar-refractivity contribution in [1.82, 2.24) is 9.71 Å². The third kappa shape index (κ3) is 4.23. The lowest BCUT2D eigenvalue weighted by molar-refractivity contribution is 0.0590. The largest absolute Gasteiger partial charge is 0.464 e. The van der Waals surface area contributed by atoms with E-state index in [0.717, 1.165) is 18.4 Å². The van der Waals surface area contributed by atoms with Crippen LogP contribution in [0.1, 0.15) is 30.8 Å². The number of methoxy groups -OCH3 is 1. The first-order chi connectivity index (χ1) is 8.77. The van der Waals surface area contributed by atoms with Crippen LogP contribution < -0.4 is 4.72 Å². The third-order valence-electron chi connectivity index (χ3n) is 2.21. The molecule has 19 heavy (non-hydrogen) atoms. The average molecular weight is 308 g/mol. The highest BCUT2D eigenvalue weighted by Crippen LogP contribution is 2.21. The van der Waals surface area contributed by atoms with Gasteiger partial charge in [0.2, 0.25) is 0 Å². The van der Waals surface area contributed by atoms with Gasteiger partial charge in [0.05, 0.1) is 18.7 Å². The standard InChI is InChI=1S/C10H16N2O5S2/c1-6(4-7(2)13)12-19(15,16)10-8(9(14)17-3)11-5-18-10/h5-7,12-13H,4H2,1-3H3. The molecule has 0 aliphatic rings. The molecule has 9 heteroatoms. The van der Waals surface area contributed by atoms with Gasteiger partial charge in [-0.15, -0.1) is 11.3 Å². The topological polar surface area (TPSA) is 106 Å². The number of hydrogen-bond donors (Lipinski definition) is 2. The Hall–Kier alpha value is -1.03. The molecule has 0 aromatic carbocycles. The highest BCUT2D eigenvalue weighted by molar-refractivity contribution is 7.91. The predicted octanol–water partition coefficient (Wildman–Crippen LogP) is 0.367. The number of aromatic nitrogens is 1. The van der Waals surface area contributed by atoms with E-state index in [1.54, 1.807) is 13.8 Å². The molecule has 2 atom stereocenters. The quantitative estimate of drug-likeness (QED) is 0.735. The highest BCUT2D eigenvalue weighted by Gasteiger charge is 2.27. The normalized spacial score (nSPS) is 14.9. The number of rotatable bonds is 6. The maximum atomic E-state index is 12.1. The van der Waals surface area contributed by atoms with Crippen molar-refractivity contribution >= 4 is 27.3 Å². The number of sulfonamides is 1. The van der Waals surface area contributed by atoms with E-state index < -0.39 is 28.1 Å². The molecule has 0 aliphatic carbocycles. The summed E-state index contributed by atoms with van der Waals surface area (Å²) in [4.78, 5) is 15.1. The third-order valence-corrected chi connectivity index (χ3v) is 5.17. The predicted molar refractivity (Wildman–Crippen MR) is 69.5 cm³/mol. The van der Waals surface area contributed by atoms with Crippen molar-refractivity contribution in [2.75, 3.05) is 7.11 Å². The maximum absolute atomic E-state index is 12.1. The lowest BCUT2D eigenvalue weighted by Gasteiger charge is -2.15. The first-order valence-corrected chi connectivity index (χ1v) is 7.86. The molecular weight excluding hydrogens is 292 g/mol. The summed E-state index contributed by atoms with van der Waals surface area (Å²) in [5, 5.41) is 9.21. The molecule has 0 spiro atoms. The fourth-order valence-corrected chi connectivity index (χ4v) is 3.94. The number of carbonyl (C=O) groups is 1. The average Bonchev–Trinajstić information content (AvgIpc) is 2.75. The molecule has 0 aliphatic heterocycles.